The van der Waals surface area contributed by atoms with Crippen LogP contribution in [0.1, 0.15) is 17.3 Å². The standard InChI is InChI=1S/C10H9FO4/c1-6(12)15-9-5-7(11)3-4-8(9)10(13)14-2/h3-5H,1-2H3. The van der Waals surface area contributed by atoms with Gasteiger partial charge in [0.25, 0.3) is 0 Å². The summed E-state index contributed by atoms with van der Waals surface area (Å²) in [5.74, 6) is -2.06. The molecule has 0 aromatic heterocycles. The molecule has 0 N–H and O–H groups in total. The zero-order chi connectivity index (χ0) is 11.4. The van der Waals surface area contributed by atoms with E-state index in [1.807, 2.05) is 0 Å². The molecule has 0 radical (unpaired) electrons. The smallest absolute Gasteiger partial charge is 0.341 e. The molecule has 0 atom stereocenters. The maximum absolute atomic E-state index is 12.8. The van der Waals surface area contributed by atoms with E-state index in [0.29, 0.717) is 0 Å². The SMILES string of the molecule is COC(=O)c1ccc(F)cc1OC(C)=O. The first-order chi connectivity index (χ1) is 7.04. The van der Waals surface area contributed by atoms with Crippen LogP contribution >= 0.6 is 0 Å². The average molecular weight is 212 g/mol. The van der Waals surface area contributed by atoms with E-state index >= 15 is 0 Å². The van der Waals surface area contributed by atoms with Gasteiger partial charge < -0.3 is 9.47 Å². The van der Waals surface area contributed by atoms with Crippen LogP contribution in [0.15, 0.2) is 18.2 Å². The van der Waals surface area contributed by atoms with E-state index in [1.54, 1.807) is 0 Å². The van der Waals surface area contributed by atoms with Gasteiger partial charge in [0.2, 0.25) is 0 Å². The number of carbonyl (C=O) groups is 2. The fourth-order valence-electron chi connectivity index (χ4n) is 1.01. The number of benzene rings is 1. The molecule has 0 saturated carbocycles. The van der Waals surface area contributed by atoms with Crippen molar-refractivity contribution >= 4 is 11.9 Å². The summed E-state index contributed by atoms with van der Waals surface area (Å²) >= 11 is 0. The molecule has 4 nitrogen and oxygen atoms in total. The maximum atomic E-state index is 12.8. The number of ether oxygens (including phenoxy) is 2. The van der Waals surface area contributed by atoms with Gasteiger partial charge in [0.15, 0.2) is 0 Å². The van der Waals surface area contributed by atoms with Gasteiger partial charge in [0.05, 0.1) is 7.11 Å². The first-order valence-corrected chi connectivity index (χ1v) is 4.11. The van der Waals surface area contributed by atoms with Crippen LogP contribution in [0.4, 0.5) is 4.39 Å². The van der Waals surface area contributed by atoms with Gasteiger partial charge in [-0.3, -0.25) is 4.79 Å². The van der Waals surface area contributed by atoms with Crippen LogP contribution < -0.4 is 4.74 Å². The van der Waals surface area contributed by atoms with Crippen molar-refractivity contribution in [2.45, 2.75) is 6.92 Å². The molecule has 0 amide bonds. The Morgan fingerprint density at radius 1 is 1.33 bits per heavy atom. The van der Waals surface area contributed by atoms with E-state index in [4.69, 9.17) is 0 Å². The number of hydrogen-bond acceptors (Lipinski definition) is 4. The zero-order valence-electron chi connectivity index (χ0n) is 8.24. The van der Waals surface area contributed by atoms with Gasteiger partial charge in [0, 0.05) is 13.0 Å². The van der Waals surface area contributed by atoms with E-state index in [0.717, 1.165) is 19.1 Å². The largest absolute Gasteiger partial charge is 0.465 e. The van der Waals surface area contributed by atoms with Crippen LogP contribution in [0.2, 0.25) is 0 Å². The first-order valence-electron chi connectivity index (χ1n) is 4.11. The van der Waals surface area contributed by atoms with E-state index in [2.05, 4.69) is 9.47 Å². The van der Waals surface area contributed by atoms with Crippen molar-refractivity contribution in [3.8, 4) is 5.75 Å². The van der Waals surface area contributed by atoms with Crippen LogP contribution in [0, 0.1) is 5.82 Å². The summed E-state index contributed by atoms with van der Waals surface area (Å²) in [5, 5.41) is 0. The molecule has 0 saturated heterocycles. The molecule has 0 fully saturated rings. The summed E-state index contributed by atoms with van der Waals surface area (Å²) in [6.07, 6.45) is 0. The third-order valence-corrected chi connectivity index (χ3v) is 1.60. The van der Waals surface area contributed by atoms with Crippen LogP contribution in [0.5, 0.6) is 5.75 Å². The molecule has 0 aliphatic carbocycles. The van der Waals surface area contributed by atoms with Gasteiger partial charge in [-0.15, -0.1) is 0 Å². The second-order valence-electron chi connectivity index (χ2n) is 2.73. The van der Waals surface area contributed by atoms with Crippen molar-refractivity contribution in [1.29, 1.82) is 0 Å². The number of esters is 2. The molecule has 0 unspecified atom stereocenters. The molecule has 0 heterocycles. The summed E-state index contributed by atoms with van der Waals surface area (Å²) in [5.41, 5.74) is 0.00843. The summed E-state index contributed by atoms with van der Waals surface area (Å²) < 4.78 is 21.9. The lowest BCUT2D eigenvalue weighted by molar-refractivity contribution is -0.131. The molecule has 15 heavy (non-hydrogen) atoms. The van der Waals surface area contributed by atoms with Crippen molar-refractivity contribution in [3.63, 3.8) is 0 Å². The molecule has 0 aliphatic heterocycles. The van der Waals surface area contributed by atoms with E-state index in [9.17, 15) is 14.0 Å². The zero-order valence-corrected chi connectivity index (χ0v) is 8.24. The first kappa shape index (κ1) is 11.2. The lowest BCUT2D eigenvalue weighted by Crippen LogP contribution is -2.09. The Balaban J connectivity index is 3.13. The highest BCUT2D eigenvalue weighted by Crippen LogP contribution is 2.20. The lowest BCUT2D eigenvalue weighted by atomic mass is 10.2. The number of rotatable bonds is 2. The third-order valence-electron chi connectivity index (χ3n) is 1.60. The second-order valence-corrected chi connectivity index (χ2v) is 2.73. The van der Waals surface area contributed by atoms with Gasteiger partial charge in [-0.25, -0.2) is 9.18 Å². The van der Waals surface area contributed by atoms with E-state index in [1.165, 1.54) is 13.2 Å². The molecule has 5 heteroatoms. The Labute approximate surface area is 85.6 Å². The topological polar surface area (TPSA) is 52.6 Å². The summed E-state index contributed by atoms with van der Waals surface area (Å²) in [6, 6.07) is 3.23. The van der Waals surface area contributed by atoms with Gasteiger partial charge in [0.1, 0.15) is 17.1 Å². The molecule has 1 aromatic carbocycles. The van der Waals surface area contributed by atoms with Gasteiger partial charge in [-0.1, -0.05) is 0 Å². The fraction of sp³-hybridized carbons (Fsp3) is 0.200. The van der Waals surface area contributed by atoms with Crippen molar-refractivity contribution in [1.82, 2.24) is 0 Å². The molecule has 0 bridgehead atoms. The molecule has 80 valence electrons. The maximum Gasteiger partial charge on any atom is 0.341 e. The highest BCUT2D eigenvalue weighted by Gasteiger charge is 2.15. The number of hydrogen-bond donors (Lipinski definition) is 0. The van der Waals surface area contributed by atoms with Gasteiger partial charge in [-0.05, 0) is 12.1 Å². The van der Waals surface area contributed by atoms with Crippen molar-refractivity contribution < 1.29 is 23.5 Å². The van der Waals surface area contributed by atoms with Crippen LogP contribution in [0.3, 0.4) is 0 Å². The molecule has 0 aliphatic rings. The van der Waals surface area contributed by atoms with Crippen molar-refractivity contribution in [2.24, 2.45) is 0 Å². The molecular weight excluding hydrogens is 203 g/mol. The Morgan fingerprint density at radius 2 is 2.00 bits per heavy atom. The number of methoxy groups -OCH3 is 1. The predicted octanol–water partition coefficient (Wildman–Crippen LogP) is 1.54. The monoisotopic (exact) mass is 212 g/mol. The summed E-state index contributed by atoms with van der Waals surface area (Å²) in [4.78, 5) is 21.9. The Kier molecular flexibility index (Phi) is 3.38. The highest BCUT2D eigenvalue weighted by atomic mass is 19.1. The van der Waals surface area contributed by atoms with E-state index in [-0.39, 0.29) is 11.3 Å². The quantitative estimate of drug-likeness (QED) is 0.551. The Bertz CT molecular complexity index is 400. The molecule has 1 aromatic rings. The average Bonchev–Trinajstić information content (AvgIpc) is 2.16. The van der Waals surface area contributed by atoms with Crippen molar-refractivity contribution in [3.05, 3.63) is 29.6 Å². The minimum atomic E-state index is -0.689. The third kappa shape index (κ3) is 2.77. The fourth-order valence-corrected chi connectivity index (χ4v) is 1.01. The molecule has 1 rings (SSSR count). The molecule has 0 spiro atoms. The Morgan fingerprint density at radius 3 is 2.53 bits per heavy atom. The van der Waals surface area contributed by atoms with Crippen LogP contribution in [-0.2, 0) is 9.53 Å². The minimum Gasteiger partial charge on any atom is -0.465 e. The second kappa shape index (κ2) is 4.54. The number of carbonyl (C=O) groups excluding carboxylic acids is 2. The van der Waals surface area contributed by atoms with Gasteiger partial charge in [-0.2, -0.15) is 0 Å². The van der Waals surface area contributed by atoms with Crippen molar-refractivity contribution in [2.75, 3.05) is 7.11 Å². The normalized spacial score (nSPS) is 9.53. The Hall–Kier alpha value is -1.91. The van der Waals surface area contributed by atoms with E-state index < -0.39 is 17.8 Å². The minimum absolute atomic E-state index is 0.00843. The highest BCUT2D eigenvalue weighted by molar-refractivity contribution is 5.93. The van der Waals surface area contributed by atoms with Crippen LogP contribution in [0.25, 0.3) is 0 Å². The lowest BCUT2D eigenvalue weighted by Gasteiger charge is -2.06. The summed E-state index contributed by atoms with van der Waals surface area (Å²) in [7, 11) is 1.18. The predicted molar refractivity (Wildman–Crippen MR) is 49.0 cm³/mol. The molecular formula is C10H9FO4. The number of halogens is 1. The van der Waals surface area contributed by atoms with Crippen LogP contribution in [-0.4, -0.2) is 19.0 Å². The summed E-state index contributed by atoms with van der Waals surface area (Å²) in [6.45, 7) is 1.16. The van der Waals surface area contributed by atoms with Gasteiger partial charge >= 0.3 is 11.9 Å².